The van der Waals surface area contributed by atoms with Crippen molar-refractivity contribution in [2.75, 3.05) is 26.2 Å². The Morgan fingerprint density at radius 3 is 2.76 bits per heavy atom. The van der Waals surface area contributed by atoms with E-state index in [1.807, 2.05) is 13.8 Å². The maximum Gasteiger partial charge on any atom is 0.270 e. The van der Waals surface area contributed by atoms with Gasteiger partial charge in [-0.3, -0.25) is 9.59 Å². The molecule has 0 aromatic carbocycles. The minimum atomic E-state index is -1.71. The van der Waals surface area contributed by atoms with Crippen molar-refractivity contribution < 1.29 is 19.1 Å². The molecule has 1 saturated heterocycles. The van der Waals surface area contributed by atoms with E-state index in [1.165, 1.54) is 9.91 Å². The van der Waals surface area contributed by atoms with Gasteiger partial charge in [0.15, 0.2) is 5.67 Å². The number of carbonyl (C=O) groups excluding carboxylic acids is 2. The van der Waals surface area contributed by atoms with Crippen LogP contribution in [0.25, 0.3) is 0 Å². The Morgan fingerprint density at radius 1 is 1.48 bits per heavy atom. The smallest absolute Gasteiger partial charge is 0.270 e. The highest BCUT2D eigenvalue weighted by Gasteiger charge is 2.41. The molecule has 0 aromatic heterocycles. The number of nitrogens with zero attached hydrogens (tertiary/aromatic N) is 3. The third-order valence-corrected chi connectivity index (χ3v) is 3.76. The number of alkyl halides is 1. The molecule has 2 amide bonds. The first-order chi connectivity index (χ1) is 9.84. The maximum atomic E-state index is 14.0. The third kappa shape index (κ3) is 3.58. The van der Waals surface area contributed by atoms with E-state index in [4.69, 9.17) is 5.11 Å². The Hall–Kier alpha value is -1.50. The van der Waals surface area contributed by atoms with Gasteiger partial charge in [-0.05, 0) is 5.92 Å². The van der Waals surface area contributed by atoms with Gasteiger partial charge in [0.2, 0.25) is 5.91 Å². The number of halogens is 1. The van der Waals surface area contributed by atoms with Gasteiger partial charge in [0.25, 0.3) is 5.91 Å². The predicted octanol–water partition coefficient (Wildman–Crippen LogP) is 0.554. The Kier molecular flexibility index (Phi) is 4.61. The highest BCUT2D eigenvalue weighted by molar-refractivity contribution is 6.39. The molecular formula is C14H22FN3O3. The Morgan fingerprint density at radius 2 is 2.19 bits per heavy atom. The van der Waals surface area contributed by atoms with E-state index >= 15 is 0 Å². The summed E-state index contributed by atoms with van der Waals surface area (Å²) in [6, 6.07) is 0. The van der Waals surface area contributed by atoms with Gasteiger partial charge in [0.05, 0.1) is 13.2 Å². The summed E-state index contributed by atoms with van der Waals surface area (Å²) in [7, 11) is 0. The molecule has 0 radical (unpaired) electrons. The molecule has 1 N–H and O–H groups in total. The Labute approximate surface area is 123 Å². The predicted molar refractivity (Wildman–Crippen MR) is 75.3 cm³/mol. The van der Waals surface area contributed by atoms with Crippen molar-refractivity contribution in [2.45, 2.75) is 38.8 Å². The molecule has 6 nitrogen and oxygen atoms in total. The van der Waals surface area contributed by atoms with Gasteiger partial charge < -0.3 is 10.0 Å². The number of hydrogen-bond acceptors (Lipinski definition) is 4. The van der Waals surface area contributed by atoms with Gasteiger partial charge in [0.1, 0.15) is 5.71 Å². The van der Waals surface area contributed by atoms with Crippen LogP contribution in [0, 0.1) is 5.92 Å². The lowest BCUT2D eigenvalue weighted by Gasteiger charge is -2.26. The third-order valence-electron chi connectivity index (χ3n) is 3.76. The summed E-state index contributed by atoms with van der Waals surface area (Å²) in [6.45, 7) is 3.99. The molecule has 0 spiro atoms. The molecule has 0 saturated carbocycles. The SMILES string of the molecule is CC(C)CN1N=C(C(=O)N2CCC(F)(CO)C2)CCC1=O. The molecule has 1 fully saturated rings. The average molecular weight is 299 g/mol. The van der Waals surface area contributed by atoms with Gasteiger partial charge in [-0.15, -0.1) is 0 Å². The molecule has 1 atom stereocenters. The number of aliphatic hydroxyl groups is 1. The normalized spacial score (nSPS) is 26.5. The quantitative estimate of drug-likeness (QED) is 0.824. The molecule has 2 heterocycles. The van der Waals surface area contributed by atoms with Gasteiger partial charge in [-0.2, -0.15) is 5.10 Å². The second kappa shape index (κ2) is 6.09. The fourth-order valence-corrected chi connectivity index (χ4v) is 2.56. The minimum Gasteiger partial charge on any atom is -0.393 e. The summed E-state index contributed by atoms with van der Waals surface area (Å²) < 4.78 is 14.0. The van der Waals surface area contributed by atoms with Crippen molar-refractivity contribution in [2.24, 2.45) is 11.0 Å². The molecule has 118 valence electrons. The van der Waals surface area contributed by atoms with Crippen LogP contribution in [0.5, 0.6) is 0 Å². The van der Waals surface area contributed by atoms with Crippen molar-refractivity contribution in [3.8, 4) is 0 Å². The van der Waals surface area contributed by atoms with E-state index in [-0.39, 0.29) is 43.7 Å². The molecule has 7 heteroatoms. The average Bonchev–Trinajstić information content (AvgIpc) is 2.83. The fraction of sp³-hybridized carbons (Fsp3) is 0.786. The van der Waals surface area contributed by atoms with E-state index in [0.717, 1.165) is 0 Å². The van der Waals surface area contributed by atoms with Crippen molar-refractivity contribution in [3.05, 3.63) is 0 Å². The number of aliphatic hydroxyl groups excluding tert-OH is 1. The van der Waals surface area contributed by atoms with Crippen LogP contribution < -0.4 is 0 Å². The first-order valence-corrected chi connectivity index (χ1v) is 7.31. The number of carbonyl (C=O) groups is 2. The number of rotatable bonds is 4. The number of amides is 2. The van der Waals surface area contributed by atoms with Gasteiger partial charge >= 0.3 is 0 Å². The molecular weight excluding hydrogens is 277 g/mol. The Bertz CT molecular complexity index is 466. The monoisotopic (exact) mass is 299 g/mol. The second-order valence-electron chi connectivity index (χ2n) is 6.20. The van der Waals surface area contributed by atoms with Crippen LogP contribution in [-0.4, -0.2) is 64.5 Å². The van der Waals surface area contributed by atoms with Crippen LogP contribution in [-0.2, 0) is 9.59 Å². The standard InChI is InChI=1S/C14H22FN3O3/c1-10(2)7-18-12(20)4-3-11(16-18)13(21)17-6-5-14(15,8-17)9-19/h10,19H,3-9H2,1-2H3. The minimum absolute atomic E-state index is 0.0862. The highest BCUT2D eigenvalue weighted by atomic mass is 19.1. The second-order valence-corrected chi connectivity index (χ2v) is 6.20. The van der Waals surface area contributed by atoms with E-state index in [1.54, 1.807) is 0 Å². The zero-order chi connectivity index (χ0) is 15.6. The van der Waals surface area contributed by atoms with Crippen LogP contribution in [0.3, 0.4) is 0 Å². The number of hydrazone groups is 1. The van der Waals surface area contributed by atoms with Gasteiger partial charge in [0, 0.05) is 32.4 Å². The maximum absolute atomic E-state index is 14.0. The highest BCUT2D eigenvalue weighted by Crippen LogP contribution is 2.26. The lowest BCUT2D eigenvalue weighted by atomic mass is 10.1. The molecule has 2 rings (SSSR count). The van der Waals surface area contributed by atoms with Crippen LogP contribution in [0.2, 0.25) is 0 Å². The summed E-state index contributed by atoms with van der Waals surface area (Å²) in [5, 5.41) is 14.5. The van der Waals surface area contributed by atoms with Crippen LogP contribution in [0.4, 0.5) is 4.39 Å². The molecule has 2 aliphatic heterocycles. The van der Waals surface area contributed by atoms with E-state index < -0.39 is 12.3 Å². The molecule has 21 heavy (non-hydrogen) atoms. The molecule has 0 aromatic rings. The van der Waals surface area contributed by atoms with Crippen molar-refractivity contribution in [1.29, 1.82) is 0 Å². The zero-order valence-corrected chi connectivity index (χ0v) is 12.5. The Balaban J connectivity index is 2.07. The van der Waals surface area contributed by atoms with E-state index in [9.17, 15) is 14.0 Å². The number of hydrogen-bond donors (Lipinski definition) is 1. The lowest BCUT2D eigenvalue weighted by Crippen LogP contribution is -2.43. The summed E-state index contributed by atoms with van der Waals surface area (Å²) in [5.74, 6) is -0.159. The summed E-state index contributed by atoms with van der Waals surface area (Å²) in [6.07, 6.45) is 0.685. The largest absolute Gasteiger partial charge is 0.393 e. The van der Waals surface area contributed by atoms with Gasteiger partial charge in [-0.25, -0.2) is 9.40 Å². The van der Waals surface area contributed by atoms with E-state index in [2.05, 4.69) is 5.10 Å². The molecule has 0 bridgehead atoms. The topological polar surface area (TPSA) is 73.2 Å². The van der Waals surface area contributed by atoms with Crippen molar-refractivity contribution in [3.63, 3.8) is 0 Å². The zero-order valence-electron chi connectivity index (χ0n) is 12.5. The van der Waals surface area contributed by atoms with E-state index in [0.29, 0.717) is 18.7 Å². The summed E-state index contributed by atoms with van der Waals surface area (Å²) >= 11 is 0. The van der Waals surface area contributed by atoms with Gasteiger partial charge in [-0.1, -0.05) is 13.8 Å². The van der Waals surface area contributed by atoms with Crippen LogP contribution in [0.15, 0.2) is 5.10 Å². The van der Waals surface area contributed by atoms with Crippen LogP contribution in [0.1, 0.15) is 33.1 Å². The molecule has 1 unspecified atom stereocenters. The fourth-order valence-electron chi connectivity index (χ4n) is 2.56. The molecule has 0 aliphatic carbocycles. The van der Waals surface area contributed by atoms with Crippen LogP contribution >= 0.6 is 0 Å². The van der Waals surface area contributed by atoms with Crippen molar-refractivity contribution in [1.82, 2.24) is 9.91 Å². The lowest BCUT2D eigenvalue weighted by molar-refractivity contribution is -0.132. The van der Waals surface area contributed by atoms with Crippen molar-refractivity contribution >= 4 is 17.5 Å². The summed E-state index contributed by atoms with van der Waals surface area (Å²) in [4.78, 5) is 25.5. The first kappa shape index (κ1) is 15.9. The number of likely N-dealkylation sites (tertiary alicyclic amines) is 1. The molecule has 2 aliphatic rings. The first-order valence-electron chi connectivity index (χ1n) is 7.31. The summed E-state index contributed by atoms with van der Waals surface area (Å²) in [5.41, 5.74) is -1.41.